The van der Waals surface area contributed by atoms with E-state index in [0.29, 0.717) is 0 Å². The van der Waals surface area contributed by atoms with Crippen LogP contribution in [-0.4, -0.2) is 34.2 Å². The number of aromatic amines is 3. The Morgan fingerprint density at radius 3 is 2.00 bits per heavy atom. The van der Waals surface area contributed by atoms with Crippen LogP contribution in [0.3, 0.4) is 0 Å². The van der Waals surface area contributed by atoms with Crippen LogP contribution in [0.25, 0.3) is 54.9 Å². The van der Waals surface area contributed by atoms with Crippen LogP contribution in [0.15, 0.2) is 109 Å². The summed E-state index contributed by atoms with van der Waals surface area (Å²) >= 11 is 0. The van der Waals surface area contributed by atoms with Gasteiger partial charge in [-0.3, -0.25) is 0 Å². The fraction of sp³-hybridized carbons (Fsp3) is 0.0833. The molecule has 0 aliphatic heterocycles. The molecule has 0 amide bonds. The largest absolute Gasteiger partial charge is 0.497 e. The highest BCUT2D eigenvalue weighted by atomic mass is 16.5. The van der Waals surface area contributed by atoms with Crippen LogP contribution < -0.4 is 9.47 Å². The minimum Gasteiger partial charge on any atom is -0.497 e. The SMILES string of the molecule is COc1ccc(-c2nc(C(c3c[nH]c4ccccc34)c3c[nH]c4ccc(OC)cc34)cc3c2[nH]c2ccccc23)cc1. The van der Waals surface area contributed by atoms with E-state index in [1.807, 2.05) is 18.2 Å². The molecule has 0 bridgehead atoms. The van der Waals surface area contributed by atoms with Gasteiger partial charge in [-0.15, -0.1) is 0 Å². The molecule has 4 aromatic heterocycles. The van der Waals surface area contributed by atoms with E-state index >= 15 is 0 Å². The molecule has 0 fully saturated rings. The Morgan fingerprint density at radius 2 is 1.24 bits per heavy atom. The van der Waals surface area contributed by atoms with Crippen molar-refractivity contribution in [3.63, 3.8) is 0 Å². The summed E-state index contributed by atoms with van der Waals surface area (Å²) < 4.78 is 11.1. The quantitative estimate of drug-likeness (QED) is 0.195. The number of methoxy groups -OCH3 is 2. The molecule has 0 aliphatic carbocycles. The van der Waals surface area contributed by atoms with Crippen LogP contribution in [0.5, 0.6) is 11.5 Å². The molecule has 42 heavy (non-hydrogen) atoms. The van der Waals surface area contributed by atoms with Crippen LogP contribution in [0.2, 0.25) is 0 Å². The van der Waals surface area contributed by atoms with Crippen molar-refractivity contribution in [3.05, 3.63) is 126 Å². The summed E-state index contributed by atoms with van der Waals surface area (Å²) in [6.07, 6.45) is 4.24. The minimum atomic E-state index is -0.155. The van der Waals surface area contributed by atoms with E-state index in [-0.39, 0.29) is 5.92 Å². The fourth-order valence-electron chi connectivity index (χ4n) is 6.28. The monoisotopic (exact) mass is 548 g/mol. The molecule has 0 spiro atoms. The lowest BCUT2D eigenvalue weighted by Gasteiger charge is -2.18. The lowest BCUT2D eigenvalue weighted by atomic mass is 9.86. The van der Waals surface area contributed by atoms with E-state index in [1.54, 1.807) is 14.2 Å². The molecule has 4 heterocycles. The third-order valence-corrected chi connectivity index (χ3v) is 8.34. The Hall–Kier alpha value is -5.49. The highest BCUT2D eigenvalue weighted by Crippen LogP contribution is 2.42. The van der Waals surface area contributed by atoms with Crippen molar-refractivity contribution in [1.82, 2.24) is 19.9 Å². The van der Waals surface area contributed by atoms with Gasteiger partial charge in [0, 0.05) is 56.1 Å². The first-order chi connectivity index (χ1) is 20.7. The second-order valence-electron chi connectivity index (χ2n) is 10.6. The molecule has 0 saturated carbocycles. The smallest absolute Gasteiger partial charge is 0.119 e. The zero-order chi connectivity index (χ0) is 28.2. The van der Waals surface area contributed by atoms with Crippen molar-refractivity contribution in [2.24, 2.45) is 0 Å². The lowest BCUT2D eigenvalue weighted by Crippen LogP contribution is -2.06. The predicted octanol–water partition coefficient (Wildman–Crippen LogP) is 8.54. The van der Waals surface area contributed by atoms with Gasteiger partial charge in [0.2, 0.25) is 0 Å². The molecule has 6 nitrogen and oxygen atoms in total. The second-order valence-corrected chi connectivity index (χ2v) is 10.6. The van der Waals surface area contributed by atoms with Crippen LogP contribution in [0.4, 0.5) is 0 Å². The number of rotatable bonds is 6. The van der Waals surface area contributed by atoms with Crippen molar-refractivity contribution < 1.29 is 9.47 Å². The van der Waals surface area contributed by atoms with Crippen molar-refractivity contribution >= 4 is 43.6 Å². The van der Waals surface area contributed by atoms with E-state index in [9.17, 15) is 0 Å². The van der Waals surface area contributed by atoms with E-state index in [4.69, 9.17) is 14.5 Å². The Labute approximate surface area is 241 Å². The van der Waals surface area contributed by atoms with Gasteiger partial charge in [0.05, 0.1) is 37.0 Å². The molecular formula is C36H28N4O2. The lowest BCUT2D eigenvalue weighted by molar-refractivity contribution is 0.415. The van der Waals surface area contributed by atoms with Crippen molar-refractivity contribution in [1.29, 1.82) is 0 Å². The van der Waals surface area contributed by atoms with Gasteiger partial charge in [-0.05, 0) is 71.8 Å². The third-order valence-electron chi connectivity index (χ3n) is 8.34. The highest BCUT2D eigenvalue weighted by molar-refractivity contribution is 6.11. The van der Waals surface area contributed by atoms with Gasteiger partial charge < -0.3 is 24.4 Å². The van der Waals surface area contributed by atoms with E-state index in [1.165, 1.54) is 16.3 Å². The number of H-pyrrole nitrogens is 3. The number of nitrogens with one attached hydrogen (secondary N) is 3. The first kappa shape index (κ1) is 24.3. The Bertz CT molecular complexity index is 2240. The average Bonchev–Trinajstić information content (AvgIpc) is 3.77. The number of hydrogen-bond donors (Lipinski definition) is 3. The van der Waals surface area contributed by atoms with Crippen LogP contribution in [0, 0.1) is 0 Å². The van der Waals surface area contributed by atoms with Gasteiger partial charge in [-0.2, -0.15) is 0 Å². The summed E-state index contributed by atoms with van der Waals surface area (Å²) in [7, 11) is 3.39. The zero-order valence-electron chi connectivity index (χ0n) is 23.2. The first-order valence-electron chi connectivity index (χ1n) is 14.0. The maximum Gasteiger partial charge on any atom is 0.119 e. The van der Waals surface area contributed by atoms with E-state index < -0.39 is 0 Å². The van der Waals surface area contributed by atoms with Crippen molar-refractivity contribution in [2.45, 2.75) is 5.92 Å². The average molecular weight is 549 g/mol. The Kier molecular flexibility index (Phi) is 5.54. The van der Waals surface area contributed by atoms with Crippen LogP contribution in [-0.2, 0) is 0 Å². The molecule has 0 saturated heterocycles. The van der Waals surface area contributed by atoms with Gasteiger partial charge in [0.25, 0.3) is 0 Å². The van der Waals surface area contributed by atoms with Gasteiger partial charge in [-0.25, -0.2) is 4.98 Å². The number of hydrogen-bond acceptors (Lipinski definition) is 3. The summed E-state index contributed by atoms with van der Waals surface area (Å²) in [5, 5.41) is 4.59. The van der Waals surface area contributed by atoms with Crippen molar-refractivity contribution in [3.8, 4) is 22.8 Å². The Balaban J connectivity index is 1.46. The predicted molar refractivity (Wildman–Crippen MR) is 170 cm³/mol. The summed E-state index contributed by atoms with van der Waals surface area (Å²) in [5.41, 5.74) is 9.45. The van der Waals surface area contributed by atoms with Crippen LogP contribution in [0.1, 0.15) is 22.7 Å². The molecule has 4 aromatic carbocycles. The van der Waals surface area contributed by atoms with E-state index in [0.717, 1.165) is 66.9 Å². The van der Waals surface area contributed by atoms with Crippen LogP contribution >= 0.6 is 0 Å². The third kappa shape index (κ3) is 3.76. The molecule has 0 radical (unpaired) electrons. The van der Waals surface area contributed by atoms with Gasteiger partial charge in [0.15, 0.2) is 0 Å². The maximum absolute atomic E-state index is 5.63. The van der Waals surface area contributed by atoms with Gasteiger partial charge in [0.1, 0.15) is 11.5 Å². The Morgan fingerprint density at radius 1 is 0.595 bits per heavy atom. The summed E-state index contributed by atoms with van der Waals surface area (Å²) in [5.74, 6) is 1.48. The number of ether oxygens (including phenoxy) is 2. The standard InChI is InChI=1S/C36H28N4O2/c1-41-22-13-11-21(12-14-22)35-36-27(24-7-4-6-10-32(24)39-36)18-33(40-35)34(28-19-37-30-9-5-3-8-25(28)30)29-20-38-31-16-15-23(42-2)17-26(29)31/h3-20,34,37-39H,1-2H3. The number of para-hydroxylation sites is 2. The minimum absolute atomic E-state index is 0.155. The molecule has 8 aromatic rings. The molecular weight excluding hydrogens is 520 g/mol. The molecule has 1 unspecified atom stereocenters. The highest BCUT2D eigenvalue weighted by Gasteiger charge is 2.27. The zero-order valence-corrected chi connectivity index (χ0v) is 23.2. The molecule has 0 aliphatic rings. The summed E-state index contributed by atoms with van der Waals surface area (Å²) in [4.78, 5) is 16.1. The maximum atomic E-state index is 5.63. The summed E-state index contributed by atoms with van der Waals surface area (Å²) in [6, 6.07) is 33.4. The molecule has 204 valence electrons. The molecule has 8 rings (SSSR count). The first-order valence-corrected chi connectivity index (χ1v) is 14.0. The van der Waals surface area contributed by atoms with Gasteiger partial charge in [-0.1, -0.05) is 36.4 Å². The summed E-state index contributed by atoms with van der Waals surface area (Å²) in [6.45, 7) is 0. The molecule has 6 heteroatoms. The molecule has 1 atom stereocenters. The number of nitrogens with zero attached hydrogens (tertiary/aromatic N) is 1. The number of benzene rings is 4. The normalized spacial score (nSPS) is 12.4. The van der Waals surface area contributed by atoms with E-state index in [2.05, 4.69) is 106 Å². The van der Waals surface area contributed by atoms with Crippen molar-refractivity contribution in [2.75, 3.05) is 14.2 Å². The fourth-order valence-corrected chi connectivity index (χ4v) is 6.28. The number of fused-ring (bicyclic) bond motifs is 5. The number of aromatic nitrogens is 4. The number of pyridine rings is 1. The molecule has 3 N–H and O–H groups in total. The topological polar surface area (TPSA) is 78.7 Å². The second kappa shape index (κ2) is 9.56. The van der Waals surface area contributed by atoms with Gasteiger partial charge >= 0.3 is 0 Å².